The van der Waals surface area contributed by atoms with E-state index in [1.807, 2.05) is 5.43 Å². The van der Waals surface area contributed by atoms with Gasteiger partial charge < -0.3 is 4.74 Å². The van der Waals surface area contributed by atoms with E-state index in [0.29, 0.717) is 17.9 Å². The number of nitrogens with one attached hydrogen (secondary N) is 1. The Hall–Kier alpha value is -2.44. The van der Waals surface area contributed by atoms with Gasteiger partial charge in [0.05, 0.1) is 18.3 Å². The van der Waals surface area contributed by atoms with Crippen LogP contribution in [0.5, 0.6) is 5.75 Å². The van der Waals surface area contributed by atoms with Crippen molar-refractivity contribution < 1.29 is 9.53 Å². The van der Waals surface area contributed by atoms with Gasteiger partial charge in [-0.15, -0.1) is 5.10 Å². The molecule has 1 aromatic carbocycles. The maximum atomic E-state index is 11.2. The van der Waals surface area contributed by atoms with Gasteiger partial charge in [-0.25, -0.2) is 10.5 Å². The molecule has 0 aliphatic rings. The fourth-order valence-corrected chi connectivity index (χ4v) is 1.91. The summed E-state index contributed by atoms with van der Waals surface area (Å²) >= 11 is 3.29. The first-order valence-electron chi connectivity index (χ1n) is 5.87. The predicted octanol–water partition coefficient (Wildman–Crippen LogP) is 0.595. The fraction of sp³-hybridized carbons (Fsp3) is 0.167. The predicted molar refractivity (Wildman–Crippen MR) is 76.0 cm³/mol. The van der Waals surface area contributed by atoms with Crippen LogP contribution in [0, 0.1) is 11.3 Å². The van der Waals surface area contributed by atoms with Crippen molar-refractivity contribution in [3.05, 3.63) is 40.1 Å². The Morgan fingerprint density at radius 3 is 3.10 bits per heavy atom. The Morgan fingerprint density at radius 1 is 1.57 bits per heavy atom. The van der Waals surface area contributed by atoms with Gasteiger partial charge in [0.1, 0.15) is 18.4 Å². The number of amides is 1. The fourth-order valence-electron chi connectivity index (χ4n) is 1.55. The van der Waals surface area contributed by atoms with Crippen LogP contribution in [0.2, 0.25) is 0 Å². The first-order valence-corrected chi connectivity index (χ1v) is 6.67. The summed E-state index contributed by atoms with van der Waals surface area (Å²) < 4.78 is 7.79. The van der Waals surface area contributed by atoms with Gasteiger partial charge >= 0.3 is 0 Å². The molecule has 0 spiro atoms. The number of hydrazine groups is 1. The van der Waals surface area contributed by atoms with E-state index in [0.717, 1.165) is 4.47 Å². The van der Waals surface area contributed by atoms with Gasteiger partial charge in [0.2, 0.25) is 0 Å². The average molecular weight is 351 g/mol. The number of rotatable bonds is 5. The molecule has 3 N–H and O–H groups in total. The molecule has 0 aliphatic carbocycles. The summed E-state index contributed by atoms with van der Waals surface area (Å²) in [5.74, 6) is 4.97. The van der Waals surface area contributed by atoms with Crippen molar-refractivity contribution in [3.63, 3.8) is 0 Å². The molecule has 2 aromatic rings. The molecule has 0 fully saturated rings. The van der Waals surface area contributed by atoms with Gasteiger partial charge in [0.15, 0.2) is 5.69 Å². The number of nitriles is 1. The number of carbonyl (C=O) groups excluding carboxylic acids is 1. The monoisotopic (exact) mass is 350 g/mol. The molecule has 1 aromatic heterocycles. The highest BCUT2D eigenvalue weighted by Gasteiger charge is 2.09. The molecule has 8 nitrogen and oxygen atoms in total. The van der Waals surface area contributed by atoms with Crippen molar-refractivity contribution in [2.75, 3.05) is 6.61 Å². The third-order valence-corrected chi connectivity index (χ3v) is 3.04. The minimum atomic E-state index is -0.512. The topological polar surface area (TPSA) is 119 Å². The number of halogens is 1. The number of nitrogens with zero attached hydrogens (tertiary/aromatic N) is 4. The summed E-state index contributed by atoms with van der Waals surface area (Å²) in [6, 6.07) is 7.22. The molecule has 108 valence electrons. The number of carbonyl (C=O) groups is 1. The minimum absolute atomic E-state index is 0.124. The van der Waals surface area contributed by atoms with E-state index >= 15 is 0 Å². The van der Waals surface area contributed by atoms with Gasteiger partial charge in [-0.2, -0.15) is 5.26 Å². The Kier molecular flexibility index (Phi) is 4.86. The molecule has 0 aliphatic heterocycles. The van der Waals surface area contributed by atoms with E-state index in [2.05, 4.69) is 32.3 Å². The number of ether oxygens (including phenoxy) is 1. The molecule has 0 atom stereocenters. The normalized spacial score (nSPS) is 9.95. The number of hydrogen-bond donors (Lipinski definition) is 2. The lowest BCUT2D eigenvalue weighted by Crippen LogP contribution is -2.30. The average Bonchev–Trinajstić information content (AvgIpc) is 2.96. The summed E-state index contributed by atoms with van der Waals surface area (Å²) in [6.07, 6.45) is 1.46. The van der Waals surface area contributed by atoms with Gasteiger partial charge in [0, 0.05) is 4.47 Å². The minimum Gasteiger partial charge on any atom is -0.490 e. The van der Waals surface area contributed by atoms with E-state index in [-0.39, 0.29) is 12.3 Å². The van der Waals surface area contributed by atoms with E-state index < -0.39 is 5.91 Å². The zero-order valence-corrected chi connectivity index (χ0v) is 12.4. The third kappa shape index (κ3) is 3.77. The molecule has 0 unspecified atom stereocenters. The second-order valence-electron chi connectivity index (χ2n) is 3.94. The quantitative estimate of drug-likeness (QED) is 0.462. The summed E-state index contributed by atoms with van der Waals surface area (Å²) in [5, 5.41) is 16.5. The van der Waals surface area contributed by atoms with Gasteiger partial charge in [0.25, 0.3) is 5.91 Å². The lowest BCUT2D eigenvalue weighted by molar-refractivity contribution is 0.0948. The zero-order valence-electron chi connectivity index (χ0n) is 10.8. The number of aromatic nitrogens is 3. The number of hydrogen-bond acceptors (Lipinski definition) is 6. The van der Waals surface area contributed by atoms with Gasteiger partial charge in [-0.05, 0) is 18.2 Å². The Morgan fingerprint density at radius 2 is 2.38 bits per heavy atom. The maximum Gasteiger partial charge on any atom is 0.287 e. The Balaban J connectivity index is 1.94. The highest BCUT2D eigenvalue weighted by molar-refractivity contribution is 9.10. The summed E-state index contributed by atoms with van der Waals surface area (Å²) in [5.41, 5.74) is 2.53. The van der Waals surface area contributed by atoms with Crippen LogP contribution in [0.1, 0.15) is 16.1 Å². The lowest BCUT2D eigenvalue weighted by atomic mass is 10.2. The molecule has 9 heteroatoms. The van der Waals surface area contributed by atoms with Crippen molar-refractivity contribution in [1.82, 2.24) is 20.4 Å². The smallest absolute Gasteiger partial charge is 0.287 e. The Bertz CT molecular complexity index is 693. The van der Waals surface area contributed by atoms with Crippen LogP contribution in [0.4, 0.5) is 0 Å². The van der Waals surface area contributed by atoms with Crippen LogP contribution < -0.4 is 16.0 Å². The number of benzene rings is 1. The molecule has 0 saturated heterocycles. The summed E-state index contributed by atoms with van der Waals surface area (Å²) in [7, 11) is 0. The molecule has 2 rings (SSSR count). The van der Waals surface area contributed by atoms with Crippen LogP contribution in [0.3, 0.4) is 0 Å². The summed E-state index contributed by atoms with van der Waals surface area (Å²) in [6.45, 7) is 0.662. The molecule has 0 saturated carbocycles. The lowest BCUT2D eigenvalue weighted by Gasteiger charge is -2.07. The first-order chi connectivity index (χ1) is 10.1. The van der Waals surface area contributed by atoms with Crippen molar-refractivity contribution in [3.8, 4) is 11.8 Å². The van der Waals surface area contributed by atoms with Gasteiger partial charge in [-0.1, -0.05) is 21.1 Å². The highest BCUT2D eigenvalue weighted by atomic mass is 79.9. The largest absolute Gasteiger partial charge is 0.490 e. The molecule has 1 heterocycles. The van der Waals surface area contributed by atoms with Gasteiger partial charge in [-0.3, -0.25) is 10.2 Å². The van der Waals surface area contributed by atoms with Crippen molar-refractivity contribution in [2.24, 2.45) is 5.84 Å². The van der Waals surface area contributed by atoms with Crippen molar-refractivity contribution in [1.29, 1.82) is 5.26 Å². The van der Waals surface area contributed by atoms with Crippen LogP contribution in [0.25, 0.3) is 0 Å². The standard InChI is InChI=1S/C12H11BrN6O2/c13-9-1-2-11(8(5-9)6-14)21-4-3-19-7-10(17-18-19)12(20)16-15/h1-2,5,7H,3-4,15H2,(H,16,20). The zero-order chi connectivity index (χ0) is 15.2. The second-order valence-corrected chi connectivity index (χ2v) is 4.86. The molecular formula is C12H11BrN6O2. The molecule has 0 bridgehead atoms. The van der Waals surface area contributed by atoms with Crippen LogP contribution in [-0.2, 0) is 6.54 Å². The number of nitrogen functional groups attached to an aromatic ring is 1. The van der Waals surface area contributed by atoms with Crippen molar-refractivity contribution in [2.45, 2.75) is 6.54 Å². The molecule has 1 amide bonds. The molecule has 0 radical (unpaired) electrons. The van der Waals surface area contributed by atoms with Crippen LogP contribution in [0.15, 0.2) is 28.9 Å². The van der Waals surface area contributed by atoms with Crippen molar-refractivity contribution >= 4 is 21.8 Å². The summed E-state index contributed by atoms with van der Waals surface area (Å²) in [4.78, 5) is 11.2. The SMILES string of the molecule is N#Cc1cc(Br)ccc1OCCn1cc(C(=O)NN)nn1. The molecule has 21 heavy (non-hydrogen) atoms. The third-order valence-electron chi connectivity index (χ3n) is 2.54. The van der Waals surface area contributed by atoms with E-state index in [4.69, 9.17) is 15.8 Å². The first kappa shape index (κ1) is 15.0. The number of nitrogens with two attached hydrogens (primary N) is 1. The maximum absolute atomic E-state index is 11.2. The van der Waals surface area contributed by atoms with E-state index in [9.17, 15) is 4.79 Å². The van der Waals surface area contributed by atoms with Crippen LogP contribution in [-0.4, -0.2) is 27.5 Å². The van der Waals surface area contributed by atoms with Crippen LogP contribution >= 0.6 is 15.9 Å². The highest BCUT2D eigenvalue weighted by Crippen LogP contribution is 2.22. The van der Waals surface area contributed by atoms with E-state index in [1.54, 1.807) is 18.2 Å². The second kappa shape index (κ2) is 6.83. The molecular weight excluding hydrogens is 340 g/mol. The Labute approximate surface area is 128 Å². The van der Waals surface area contributed by atoms with E-state index in [1.165, 1.54) is 10.9 Å².